The van der Waals surface area contributed by atoms with Crippen LogP contribution < -0.4 is 5.32 Å². The molecule has 0 amide bonds. The minimum absolute atomic E-state index is 0.0456. The van der Waals surface area contributed by atoms with Crippen LogP contribution in [0.5, 0.6) is 0 Å². The Morgan fingerprint density at radius 2 is 1.76 bits per heavy atom. The first kappa shape index (κ1) is 16.4. The number of hydrogen-bond donors (Lipinski definition) is 1. The third-order valence-electron chi connectivity index (χ3n) is 3.15. The van der Waals surface area contributed by atoms with Gasteiger partial charge < -0.3 is 5.32 Å². The van der Waals surface area contributed by atoms with Crippen LogP contribution in [0.15, 0.2) is 33.2 Å². The van der Waals surface area contributed by atoms with Gasteiger partial charge in [-0.3, -0.25) is 0 Å². The standard InChI is InChI=1S/C16H19Br2N3/c1-16(2,3)14-13(18)15(19-4)21-12(20-14)9-10-7-5-6-8-11(10)17/h5-8H,9H2,1-4H3,(H,19,20,21). The van der Waals surface area contributed by atoms with Crippen LogP contribution in [-0.4, -0.2) is 17.0 Å². The zero-order valence-corrected chi connectivity index (χ0v) is 15.8. The predicted octanol–water partition coefficient (Wildman–Crippen LogP) is 4.93. The Balaban J connectivity index is 2.48. The molecule has 3 nitrogen and oxygen atoms in total. The topological polar surface area (TPSA) is 37.8 Å². The number of aromatic nitrogens is 2. The van der Waals surface area contributed by atoms with Crippen molar-refractivity contribution in [2.45, 2.75) is 32.6 Å². The Morgan fingerprint density at radius 3 is 2.33 bits per heavy atom. The smallest absolute Gasteiger partial charge is 0.144 e. The van der Waals surface area contributed by atoms with Gasteiger partial charge in [-0.25, -0.2) is 9.97 Å². The largest absolute Gasteiger partial charge is 0.372 e. The maximum atomic E-state index is 4.77. The summed E-state index contributed by atoms with van der Waals surface area (Å²) in [5, 5.41) is 3.14. The fourth-order valence-electron chi connectivity index (χ4n) is 2.05. The van der Waals surface area contributed by atoms with Crippen LogP contribution in [-0.2, 0) is 11.8 Å². The van der Waals surface area contributed by atoms with Crippen molar-refractivity contribution in [2.75, 3.05) is 12.4 Å². The highest BCUT2D eigenvalue weighted by Crippen LogP contribution is 2.32. The average Bonchev–Trinajstić information content (AvgIpc) is 2.41. The van der Waals surface area contributed by atoms with Crippen LogP contribution >= 0.6 is 31.9 Å². The second kappa shape index (κ2) is 6.44. The van der Waals surface area contributed by atoms with Crippen LogP contribution in [0, 0.1) is 0 Å². The van der Waals surface area contributed by atoms with Crippen molar-refractivity contribution in [3.63, 3.8) is 0 Å². The van der Waals surface area contributed by atoms with Gasteiger partial charge in [0.25, 0.3) is 0 Å². The first-order valence-electron chi connectivity index (χ1n) is 6.81. The average molecular weight is 413 g/mol. The Morgan fingerprint density at radius 1 is 1.10 bits per heavy atom. The molecule has 0 aliphatic heterocycles. The van der Waals surface area contributed by atoms with Crippen LogP contribution in [0.4, 0.5) is 5.82 Å². The number of anilines is 1. The molecule has 2 aromatic rings. The number of nitrogens with one attached hydrogen (secondary N) is 1. The molecule has 0 aliphatic rings. The van der Waals surface area contributed by atoms with E-state index in [0.29, 0.717) is 6.42 Å². The van der Waals surface area contributed by atoms with Crippen molar-refractivity contribution in [1.29, 1.82) is 0 Å². The van der Waals surface area contributed by atoms with Crippen molar-refractivity contribution in [3.05, 3.63) is 50.3 Å². The molecule has 0 atom stereocenters. The molecule has 5 heteroatoms. The van der Waals surface area contributed by atoms with E-state index in [1.807, 2.05) is 25.2 Å². The lowest BCUT2D eigenvalue weighted by Crippen LogP contribution is -2.18. The molecule has 0 fully saturated rings. The molecule has 2 rings (SSSR count). The van der Waals surface area contributed by atoms with Crippen molar-refractivity contribution in [3.8, 4) is 0 Å². The second-order valence-corrected chi connectivity index (χ2v) is 7.57. The predicted molar refractivity (Wildman–Crippen MR) is 94.9 cm³/mol. The van der Waals surface area contributed by atoms with Crippen molar-refractivity contribution in [2.24, 2.45) is 0 Å². The van der Waals surface area contributed by atoms with Gasteiger partial charge in [0.05, 0.1) is 10.2 Å². The lowest BCUT2D eigenvalue weighted by Gasteiger charge is -2.21. The van der Waals surface area contributed by atoms with Crippen LogP contribution in [0.3, 0.4) is 0 Å². The van der Waals surface area contributed by atoms with E-state index in [1.54, 1.807) is 0 Å². The summed E-state index contributed by atoms with van der Waals surface area (Å²) in [5.41, 5.74) is 2.15. The number of hydrogen-bond acceptors (Lipinski definition) is 3. The maximum absolute atomic E-state index is 4.77. The molecule has 0 aliphatic carbocycles. The summed E-state index contributed by atoms with van der Waals surface area (Å²) in [7, 11) is 1.88. The molecular weight excluding hydrogens is 394 g/mol. The summed E-state index contributed by atoms with van der Waals surface area (Å²) in [4.78, 5) is 9.38. The number of rotatable bonds is 3. The van der Waals surface area contributed by atoms with E-state index in [9.17, 15) is 0 Å². The van der Waals surface area contributed by atoms with Crippen LogP contribution in [0.25, 0.3) is 0 Å². The molecule has 0 unspecified atom stereocenters. The Bertz CT molecular complexity index is 648. The highest BCUT2D eigenvalue weighted by atomic mass is 79.9. The molecule has 0 spiro atoms. The molecule has 1 heterocycles. The molecule has 0 bridgehead atoms. The quantitative estimate of drug-likeness (QED) is 0.776. The van der Waals surface area contributed by atoms with Crippen molar-refractivity contribution >= 4 is 37.7 Å². The zero-order valence-electron chi connectivity index (χ0n) is 12.7. The normalized spacial score (nSPS) is 11.5. The van der Waals surface area contributed by atoms with Gasteiger partial charge in [-0.2, -0.15) is 0 Å². The van der Waals surface area contributed by atoms with E-state index in [2.05, 4.69) is 69.0 Å². The van der Waals surface area contributed by atoms with Gasteiger partial charge in [-0.05, 0) is 27.6 Å². The van der Waals surface area contributed by atoms with Crippen LogP contribution in [0.2, 0.25) is 0 Å². The molecular formula is C16H19Br2N3. The monoisotopic (exact) mass is 411 g/mol. The molecule has 112 valence electrons. The fraction of sp³-hybridized carbons (Fsp3) is 0.375. The van der Waals surface area contributed by atoms with Crippen LogP contribution in [0.1, 0.15) is 37.9 Å². The highest BCUT2D eigenvalue weighted by Gasteiger charge is 2.23. The van der Waals surface area contributed by atoms with Crippen molar-refractivity contribution < 1.29 is 0 Å². The minimum atomic E-state index is -0.0456. The Kier molecular flexibility index (Phi) is 5.04. The highest BCUT2D eigenvalue weighted by molar-refractivity contribution is 9.11. The fourth-order valence-corrected chi connectivity index (χ4v) is 3.44. The zero-order chi connectivity index (χ0) is 15.6. The summed E-state index contributed by atoms with van der Waals surface area (Å²) in [6.07, 6.45) is 0.701. The third kappa shape index (κ3) is 3.83. The molecule has 0 radical (unpaired) electrons. The summed E-state index contributed by atoms with van der Waals surface area (Å²) in [6, 6.07) is 8.17. The summed E-state index contributed by atoms with van der Waals surface area (Å²) >= 11 is 7.20. The van der Waals surface area contributed by atoms with Gasteiger partial charge in [0.15, 0.2) is 0 Å². The van der Waals surface area contributed by atoms with Gasteiger partial charge in [0.1, 0.15) is 11.6 Å². The summed E-state index contributed by atoms with van der Waals surface area (Å²) in [5.74, 6) is 1.65. The van der Waals surface area contributed by atoms with E-state index < -0.39 is 0 Å². The SMILES string of the molecule is CNc1nc(Cc2ccccc2Br)nc(C(C)(C)C)c1Br. The maximum Gasteiger partial charge on any atom is 0.144 e. The first-order valence-corrected chi connectivity index (χ1v) is 8.39. The molecule has 1 N–H and O–H groups in total. The van der Waals surface area contributed by atoms with E-state index in [1.165, 1.54) is 5.56 Å². The number of nitrogens with zero attached hydrogens (tertiary/aromatic N) is 2. The summed E-state index contributed by atoms with van der Waals surface area (Å²) < 4.78 is 2.02. The molecule has 0 saturated carbocycles. The van der Waals surface area contributed by atoms with E-state index in [0.717, 1.165) is 26.3 Å². The van der Waals surface area contributed by atoms with Gasteiger partial charge >= 0.3 is 0 Å². The second-order valence-electron chi connectivity index (χ2n) is 5.92. The number of halogens is 2. The molecule has 1 aromatic carbocycles. The molecule has 21 heavy (non-hydrogen) atoms. The summed E-state index contributed by atoms with van der Waals surface area (Å²) in [6.45, 7) is 6.46. The molecule has 0 saturated heterocycles. The van der Waals surface area contributed by atoms with E-state index in [4.69, 9.17) is 4.98 Å². The molecule has 1 aromatic heterocycles. The van der Waals surface area contributed by atoms with Crippen molar-refractivity contribution in [1.82, 2.24) is 9.97 Å². The van der Waals surface area contributed by atoms with Gasteiger partial charge in [0.2, 0.25) is 0 Å². The lowest BCUT2D eigenvalue weighted by molar-refractivity contribution is 0.559. The van der Waals surface area contributed by atoms with Gasteiger partial charge in [0, 0.05) is 23.4 Å². The number of benzene rings is 1. The van der Waals surface area contributed by atoms with E-state index in [-0.39, 0.29) is 5.41 Å². The van der Waals surface area contributed by atoms with Gasteiger partial charge in [-0.1, -0.05) is 54.9 Å². The van der Waals surface area contributed by atoms with Gasteiger partial charge in [-0.15, -0.1) is 0 Å². The lowest BCUT2D eigenvalue weighted by atomic mass is 9.91. The minimum Gasteiger partial charge on any atom is -0.372 e. The third-order valence-corrected chi connectivity index (χ3v) is 4.68. The van der Waals surface area contributed by atoms with E-state index >= 15 is 0 Å². The first-order chi connectivity index (χ1) is 9.82. The Labute approximate surface area is 142 Å². The Hall–Kier alpha value is -0.940.